The van der Waals surface area contributed by atoms with Gasteiger partial charge in [0.25, 0.3) is 5.91 Å². The summed E-state index contributed by atoms with van der Waals surface area (Å²) in [5.41, 5.74) is 0. The molecule has 1 amide bonds. The van der Waals surface area contributed by atoms with E-state index in [0.29, 0.717) is 9.75 Å². The number of primary sulfonamides is 1. The van der Waals surface area contributed by atoms with Gasteiger partial charge in [-0.05, 0) is 32.3 Å². The fourth-order valence-corrected chi connectivity index (χ4v) is 4.97. The number of carbonyl (C=O) groups excluding carboxylic acids is 1. The lowest BCUT2D eigenvalue weighted by Crippen LogP contribution is -2.39. The molecule has 21 heavy (non-hydrogen) atoms. The Hall–Kier alpha value is -0.920. The third-order valence-corrected chi connectivity index (χ3v) is 6.20. The van der Waals surface area contributed by atoms with Crippen LogP contribution in [-0.4, -0.2) is 31.8 Å². The number of aryl methyl sites for hydroxylation is 1. The van der Waals surface area contributed by atoms with Gasteiger partial charge in [0.1, 0.15) is 0 Å². The number of thiophene rings is 1. The molecule has 2 heterocycles. The molecule has 0 aromatic carbocycles. The molecule has 0 saturated carbocycles. The van der Waals surface area contributed by atoms with E-state index in [2.05, 4.69) is 6.92 Å². The van der Waals surface area contributed by atoms with Crippen LogP contribution in [0.2, 0.25) is 0 Å². The number of nitrogens with two attached hydrogens (primary N) is 1. The van der Waals surface area contributed by atoms with Crippen molar-refractivity contribution >= 4 is 27.3 Å². The molecule has 5 nitrogen and oxygen atoms in total. The van der Waals surface area contributed by atoms with Crippen molar-refractivity contribution in [1.29, 1.82) is 0 Å². The fourth-order valence-electron chi connectivity index (χ4n) is 2.86. The summed E-state index contributed by atoms with van der Waals surface area (Å²) in [6.45, 7) is 4.52. The molecule has 1 saturated heterocycles. The number of rotatable bonds is 3. The van der Waals surface area contributed by atoms with Gasteiger partial charge in [0.05, 0.1) is 9.77 Å². The van der Waals surface area contributed by atoms with Gasteiger partial charge in [-0.15, -0.1) is 11.3 Å². The van der Waals surface area contributed by atoms with E-state index in [1.807, 2.05) is 4.90 Å². The highest BCUT2D eigenvalue weighted by atomic mass is 32.2. The van der Waals surface area contributed by atoms with Crippen LogP contribution in [0.5, 0.6) is 0 Å². The Bertz CT molecular complexity index is 622. The maximum Gasteiger partial charge on any atom is 0.264 e. The Morgan fingerprint density at radius 1 is 1.43 bits per heavy atom. The molecule has 1 aliphatic heterocycles. The van der Waals surface area contributed by atoms with Gasteiger partial charge in [0.2, 0.25) is 10.0 Å². The molecule has 118 valence electrons. The van der Waals surface area contributed by atoms with Gasteiger partial charge in [0.15, 0.2) is 0 Å². The quantitative estimate of drug-likeness (QED) is 0.924. The van der Waals surface area contributed by atoms with E-state index in [-0.39, 0.29) is 16.8 Å². The summed E-state index contributed by atoms with van der Waals surface area (Å²) < 4.78 is 23.0. The van der Waals surface area contributed by atoms with Crippen molar-refractivity contribution in [2.45, 2.75) is 56.9 Å². The summed E-state index contributed by atoms with van der Waals surface area (Å²) in [4.78, 5) is 15.7. The van der Waals surface area contributed by atoms with Gasteiger partial charge >= 0.3 is 0 Å². The predicted octanol–water partition coefficient (Wildman–Crippen LogP) is 2.50. The minimum absolute atomic E-state index is 0.0632. The van der Waals surface area contributed by atoms with Gasteiger partial charge < -0.3 is 4.90 Å². The highest BCUT2D eigenvalue weighted by molar-refractivity contribution is 7.89. The van der Waals surface area contributed by atoms with Gasteiger partial charge in [-0.25, -0.2) is 13.6 Å². The predicted molar refractivity (Wildman–Crippen MR) is 84.0 cm³/mol. The molecule has 1 aromatic rings. The number of sulfonamides is 1. The molecule has 1 fully saturated rings. The van der Waals surface area contributed by atoms with Crippen molar-refractivity contribution < 1.29 is 13.2 Å². The number of hydrogen-bond donors (Lipinski definition) is 1. The lowest BCUT2D eigenvalue weighted by molar-refractivity contribution is 0.0683. The minimum atomic E-state index is -3.76. The first-order chi connectivity index (χ1) is 9.84. The SMILES string of the molecule is CCC1CCCCCN1C(=O)c1cc(S(N)(=O)=O)c(C)s1. The number of nitrogens with zero attached hydrogens (tertiary/aromatic N) is 1. The smallest absolute Gasteiger partial charge is 0.264 e. The van der Waals surface area contributed by atoms with E-state index in [0.717, 1.165) is 38.6 Å². The van der Waals surface area contributed by atoms with Gasteiger partial charge in [0, 0.05) is 17.5 Å². The summed E-state index contributed by atoms with van der Waals surface area (Å²) in [6.07, 6.45) is 5.25. The second kappa shape index (κ2) is 6.46. The number of hydrogen-bond acceptors (Lipinski definition) is 4. The highest BCUT2D eigenvalue weighted by Crippen LogP contribution is 2.28. The third-order valence-electron chi connectivity index (χ3n) is 4.00. The molecule has 7 heteroatoms. The number of likely N-dealkylation sites (tertiary alicyclic amines) is 1. The first-order valence-corrected chi connectivity index (χ1v) is 9.65. The van der Waals surface area contributed by atoms with Crippen LogP contribution < -0.4 is 5.14 Å². The van der Waals surface area contributed by atoms with Crippen molar-refractivity contribution in [3.63, 3.8) is 0 Å². The zero-order valence-electron chi connectivity index (χ0n) is 12.5. The number of amides is 1. The van der Waals surface area contributed by atoms with E-state index in [4.69, 9.17) is 5.14 Å². The Balaban J connectivity index is 2.30. The Morgan fingerprint density at radius 3 is 2.71 bits per heavy atom. The molecule has 2 N–H and O–H groups in total. The van der Waals surface area contributed by atoms with E-state index in [1.54, 1.807) is 6.92 Å². The zero-order valence-corrected chi connectivity index (χ0v) is 14.1. The topological polar surface area (TPSA) is 80.5 Å². The summed E-state index contributed by atoms with van der Waals surface area (Å²) in [5.74, 6) is -0.0632. The van der Waals surface area contributed by atoms with Gasteiger partial charge in [-0.1, -0.05) is 19.8 Å². The number of carbonyl (C=O) groups is 1. The molecular weight excluding hydrogens is 308 g/mol. The molecule has 1 atom stereocenters. The van der Waals surface area contributed by atoms with Crippen molar-refractivity contribution in [2.75, 3.05) is 6.54 Å². The van der Waals surface area contributed by atoms with E-state index >= 15 is 0 Å². The Labute approximate surface area is 130 Å². The van der Waals surface area contributed by atoms with E-state index in [9.17, 15) is 13.2 Å². The van der Waals surface area contributed by atoms with Crippen LogP contribution in [0.1, 0.15) is 53.6 Å². The summed E-state index contributed by atoms with van der Waals surface area (Å²) in [5, 5.41) is 5.18. The molecular formula is C14H22N2O3S2. The zero-order chi connectivity index (χ0) is 15.6. The monoisotopic (exact) mass is 330 g/mol. The average Bonchev–Trinajstić information content (AvgIpc) is 2.67. The van der Waals surface area contributed by atoms with Gasteiger partial charge in [-0.2, -0.15) is 0 Å². The van der Waals surface area contributed by atoms with Crippen LogP contribution in [0.25, 0.3) is 0 Å². The third kappa shape index (κ3) is 3.64. The molecule has 0 radical (unpaired) electrons. The molecule has 1 aromatic heterocycles. The van der Waals surface area contributed by atoms with Crippen LogP contribution in [0, 0.1) is 6.92 Å². The van der Waals surface area contributed by atoms with Crippen LogP contribution in [0.3, 0.4) is 0 Å². The first kappa shape index (κ1) is 16.5. The molecule has 2 rings (SSSR count). The molecule has 1 unspecified atom stereocenters. The van der Waals surface area contributed by atoms with E-state index in [1.165, 1.54) is 17.4 Å². The second-order valence-electron chi connectivity index (χ2n) is 5.49. The van der Waals surface area contributed by atoms with Crippen LogP contribution in [0.15, 0.2) is 11.0 Å². The van der Waals surface area contributed by atoms with Crippen LogP contribution >= 0.6 is 11.3 Å². The first-order valence-electron chi connectivity index (χ1n) is 7.28. The second-order valence-corrected chi connectivity index (χ2v) is 8.27. The average molecular weight is 330 g/mol. The van der Waals surface area contributed by atoms with Crippen molar-refractivity contribution in [2.24, 2.45) is 5.14 Å². The summed E-state index contributed by atoms with van der Waals surface area (Å²) >= 11 is 1.21. The summed E-state index contributed by atoms with van der Waals surface area (Å²) in [7, 11) is -3.76. The molecule has 0 bridgehead atoms. The lowest BCUT2D eigenvalue weighted by atomic mass is 10.1. The lowest BCUT2D eigenvalue weighted by Gasteiger charge is -2.28. The normalized spacial score (nSPS) is 20.3. The Kier molecular flexibility index (Phi) is 5.06. The minimum Gasteiger partial charge on any atom is -0.335 e. The largest absolute Gasteiger partial charge is 0.335 e. The standard InChI is InChI=1S/C14H22N2O3S2/c1-3-11-7-5-4-6-8-16(11)14(17)12-9-13(10(2)20-12)21(15,18)19/h9,11H,3-8H2,1-2H3,(H2,15,18,19). The van der Waals surface area contributed by atoms with E-state index < -0.39 is 10.0 Å². The maximum absolute atomic E-state index is 12.7. The van der Waals surface area contributed by atoms with Gasteiger partial charge in [-0.3, -0.25) is 4.79 Å². The fraction of sp³-hybridized carbons (Fsp3) is 0.643. The Morgan fingerprint density at radius 2 is 2.14 bits per heavy atom. The van der Waals surface area contributed by atoms with Crippen LogP contribution in [0.4, 0.5) is 0 Å². The van der Waals surface area contributed by atoms with Crippen molar-refractivity contribution in [3.05, 3.63) is 15.8 Å². The van der Waals surface area contributed by atoms with Crippen LogP contribution in [-0.2, 0) is 10.0 Å². The van der Waals surface area contributed by atoms with Crippen molar-refractivity contribution in [1.82, 2.24) is 4.90 Å². The van der Waals surface area contributed by atoms with Crippen molar-refractivity contribution in [3.8, 4) is 0 Å². The molecule has 0 spiro atoms. The summed E-state index contributed by atoms with van der Waals surface area (Å²) in [6, 6.07) is 1.68. The molecule has 1 aliphatic rings. The highest BCUT2D eigenvalue weighted by Gasteiger charge is 2.27. The molecule has 0 aliphatic carbocycles. The maximum atomic E-state index is 12.7.